The van der Waals surface area contributed by atoms with Crippen LogP contribution < -0.4 is 5.32 Å². The van der Waals surface area contributed by atoms with Crippen LogP contribution in [0.1, 0.15) is 36.7 Å². The van der Waals surface area contributed by atoms with Gasteiger partial charge in [-0.1, -0.05) is 24.1 Å². The Morgan fingerprint density at radius 3 is 2.52 bits per heavy atom. The largest absolute Gasteiger partial charge is 0.507 e. The van der Waals surface area contributed by atoms with Gasteiger partial charge in [0.15, 0.2) is 0 Å². The molecule has 0 atom stereocenters. The van der Waals surface area contributed by atoms with Crippen molar-refractivity contribution in [3.63, 3.8) is 0 Å². The van der Waals surface area contributed by atoms with E-state index in [9.17, 15) is 9.90 Å². The first-order valence-electron chi connectivity index (χ1n) is 8.56. The zero-order valence-corrected chi connectivity index (χ0v) is 15.5. The molecule has 0 aliphatic heterocycles. The van der Waals surface area contributed by atoms with Crippen molar-refractivity contribution in [3.8, 4) is 40.5 Å². The molecule has 1 aromatic heterocycles. The van der Waals surface area contributed by atoms with Crippen LogP contribution in [0.3, 0.4) is 0 Å². The number of phenolic OH excluding ortho intramolecular Hbond substituents is 1. The maximum Gasteiger partial charge on any atom is 0.252 e. The highest BCUT2D eigenvalue weighted by molar-refractivity contribution is 6.03. The molecule has 136 valence electrons. The summed E-state index contributed by atoms with van der Waals surface area (Å²) in [4.78, 5) is 13.0. The van der Waals surface area contributed by atoms with Crippen LogP contribution in [0.5, 0.6) is 5.75 Å². The lowest BCUT2D eigenvalue weighted by Crippen LogP contribution is -2.40. The molecule has 0 fully saturated rings. The Labute approximate surface area is 158 Å². The highest BCUT2D eigenvalue weighted by Gasteiger charge is 2.22. The third-order valence-electron chi connectivity index (χ3n) is 4.02. The molecule has 0 aliphatic carbocycles. The molecule has 2 aromatic carbocycles. The van der Waals surface area contributed by atoms with Gasteiger partial charge in [0.05, 0.1) is 5.69 Å². The molecule has 0 saturated heterocycles. The molecule has 0 spiro atoms. The molecular weight excluding hydrogens is 338 g/mol. The van der Waals surface area contributed by atoms with Crippen molar-refractivity contribution in [1.29, 1.82) is 0 Å². The fourth-order valence-electron chi connectivity index (χ4n) is 2.87. The van der Waals surface area contributed by atoms with Crippen molar-refractivity contribution in [1.82, 2.24) is 15.5 Å². The second-order valence-corrected chi connectivity index (χ2v) is 7.27. The SMILES string of the molecule is C#Cc1ccccc1-c1cc(O)c(-c2cc[nH]n2)cc1C(=O)NC(C)(C)C. The second-order valence-electron chi connectivity index (χ2n) is 7.27. The summed E-state index contributed by atoms with van der Waals surface area (Å²) < 4.78 is 0. The summed E-state index contributed by atoms with van der Waals surface area (Å²) in [5, 5.41) is 20.4. The molecule has 0 radical (unpaired) electrons. The number of amides is 1. The minimum atomic E-state index is -0.412. The smallest absolute Gasteiger partial charge is 0.252 e. The van der Waals surface area contributed by atoms with Gasteiger partial charge in [-0.05, 0) is 56.2 Å². The minimum Gasteiger partial charge on any atom is -0.507 e. The van der Waals surface area contributed by atoms with E-state index in [1.807, 2.05) is 39.0 Å². The number of hydrogen-bond acceptors (Lipinski definition) is 3. The van der Waals surface area contributed by atoms with Crippen LogP contribution in [0.25, 0.3) is 22.4 Å². The normalized spacial score (nSPS) is 11.0. The van der Waals surface area contributed by atoms with Gasteiger partial charge in [0.2, 0.25) is 0 Å². The van der Waals surface area contributed by atoms with E-state index >= 15 is 0 Å². The summed E-state index contributed by atoms with van der Waals surface area (Å²) in [6.07, 6.45) is 7.29. The van der Waals surface area contributed by atoms with Gasteiger partial charge in [0.1, 0.15) is 5.75 Å². The van der Waals surface area contributed by atoms with Crippen LogP contribution >= 0.6 is 0 Å². The molecule has 5 heteroatoms. The molecule has 3 N–H and O–H groups in total. The first-order valence-corrected chi connectivity index (χ1v) is 8.56. The highest BCUT2D eigenvalue weighted by Crippen LogP contribution is 2.36. The summed E-state index contributed by atoms with van der Waals surface area (Å²) in [7, 11) is 0. The summed E-state index contributed by atoms with van der Waals surface area (Å²) >= 11 is 0. The number of rotatable bonds is 3. The predicted octanol–water partition coefficient (Wildman–Crippen LogP) is 3.96. The van der Waals surface area contributed by atoms with Crippen LogP contribution in [0.4, 0.5) is 0 Å². The van der Waals surface area contributed by atoms with Crippen molar-refractivity contribution in [2.75, 3.05) is 0 Å². The molecule has 0 aliphatic rings. The fourth-order valence-corrected chi connectivity index (χ4v) is 2.87. The van der Waals surface area contributed by atoms with E-state index in [4.69, 9.17) is 6.42 Å². The van der Waals surface area contributed by atoms with E-state index in [0.717, 1.165) is 0 Å². The number of aromatic hydroxyl groups is 1. The molecule has 3 aromatic rings. The average Bonchev–Trinajstić information content (AvgIpc) is 3.14. The van der Waals surface area contributed by atoms with Crippen molar-refractivity contribution >= 4 is 5.91 Å². The van der Waals surface area contributed by atoms with Crippen molar-refractivity contribution < 1.29 is 9.90 Å². The Bertz CT molecular complexity index is 1020. The van der Waals surface area contributed by atoms with Crippen LogP contribution in [0.15, 0.2) is 48.7 Å². The number of phenols is 1. The number of H-pyrrole nitrogens is 1. The van der Waals surface area contributed by atoms with Gasteiger partial charge in [0, 0.05) is 28.4 Å². The molecule has 1 heterocycles. The van der Waals surface area contributed by atoms with E-state index < -0.39 is 5.54 Å². The van der Waals surface area contributed by atoms with Crippen molar-refractivity contribution in [3.05, 3.63) is 59.8 Å². The Kier molecular flexibility index (Phi) is 4.74. The quantitative estimate of drug-likeness (QED) is 0.620. The maximum absolute atomic E-state index is 13.0. The molecule has 1 amide bonds. The summed E-state index contributed by atoms with van der Waals surface area (Å²) in [5.74, 6) is 2.41. The van der Waals surface area contributed by atoms with Gasteiger partial charge < -0.3 is 10.4 Å². The summed E-state index contributed by atoms with van der Waals surface area (Å²) in [6, 6.07) is 12.3. The highest BCUT2D eigenvalue weighted by atomic mass is 16.3. The first-order chi connectivity index (χ1) is 12.8. The third kappa shape index (κ3) is 3.85. The lowest BCUT2D eigenvalue weighted by molar-refractivity contribution is 0.0920. The molecule has 3 rings (SSSR count). The maximum atomic E-state index is 13.0. The summed E-state index contributed by atoms with van der Waals surface area (Å²) in [6.45, 7) is 5.74. The van der Waals surface area contributed by atoms with Gasteiger partial charge in [-0.2, -0.15) is 5.10 Å². The van der Waals surface area contributed by atoms with Crippen molar-refractivity contribution in [2.45, 2.75) is 26.3 Å². The van der Waals surface area contributed by atoms with Crippen LogP contribution in [-0.2, 0) is 0 Å². The summed E-state index contributed by atoms with van der Waals surface area (Å²) in [5.41, 5.74) is 2.96. The average molecular weight is 359 g/mol. The number of carbonyl (C=O) groups is 1. The number of benzene rings is 2. The number of nitrogens with one attached hydrogen (secondary N) is 2. The molecular formula is C22H21N3O2. The topological polar surface area (TPSA) is 78.0 Å². The molecule has 5 nitrogen and oxygen atoms in total. The first kappa shape index (κ1) is 18.3. The standard InChI is InChI=1S/C22H21N3O2/c1-5-14-8-6-7-9-15(14)16-13-20(26)18(19-10-11-23-25-19)12-17(16)21(27)24-22(2,3)4/h1,6-13,26H,2-4H3,(H,23,25)(H,24,27). The van der Waals surface area contributed by atoms with Gasteiger partial charge in [-0.25, -0.2) is 0 Å². The molecule has 0 unspecified atom stereocenters. The van der Waals surface area contributed by atoms with E-state index in [2.05, 4.69) is 21.4 Å². The lowest BCUT2D eigenvalue weighted by Gasteiger charge is -2.22. The van der Waals surface area contributed by atoms with Crippen LogP contribution in [0, 0.1) is 12.3 Å². The van der Waals surface area contributed by atoms with E-state index in [0.29, 0.717) is 33.5 Å². The van der Waals surface area contributed by atoms with E-state index in [1.54, 1.807) is 30.5 Å². The van der Waals surface area contributed by atoms with Crippen molar-refractivity contribution in [2.24, 2.45) is 0 Å². The van der Waals surface area contributed by atoms with Gasteiger partial charge >= 0.3 is 0 Å². The number of hydrogen-bond donors (Lipinski definition) is 3. The predicted molar refractivity (Wildman–Crippen MR) is 106 cm³/mol. The number of aromatic nitrogens is 2. The van der Waals surface area contributed by atoms with Gasteiger partial charge in [-0.15, -0.1) is 6.42 Å². The van der Waals surface area contributed by atoms with Crippen LogP contribution in [0.2, 0.25) is 0 Å². The second kappa shape index (κ2) is 7.00. The third-order valence-corrected chi connectivity index (χ3v) is 4.02. The number of carbonyl (C=O) groups excluding carboxylic acids is 1. The Morgan fingerprint density at radius 2 is 1.89 bits per heavy atom. The minimum absolute atomic E-state index is 0.0243. The Hall–Kier alpha value is -3.52. The molecule has 27 heavy (non-hydrogen) atoms. The number of aromatic amines is 1. The zero-order chi connectivity index (χ0) is 19.6. The Balaban J connectivity index is 2.25. The lowest BCUT2D eigenvalue weighted by atomic mass is 9.92. The van der Waals surface area contributed by atoms with E-state index in [1.165, 1.54) is 0 Å². The fraction of sp³-hybridized carbons (Fsp3) is 0.182. The molecule has 0 saturated carbocycles. The molecule has 0 bridgehead atoms. The monoisotopic (exact) mass is 359 g/mol. The van der Waals surface area contributed by atoms with Gasteiger partial charge in [-0.3, -0.25) is 9.89 Å². The zero-order valence-electron chi connectivity index (χ0n) is 15.5. The van der Waals surface area contributed by atoms with Crippen LogP contribution in [-0.4, -0.2) is 26.7 Å². The van der Waals surface area contributed by atoms with Gasteiger partial charge in [0.25, 0.3) is 5.91 Å². The Morgan fingerprint density at radius 1 is 1.15 bits per heavy atom. The number of terminal acetylenes is 1. The number of nitrogens with zero attached hydrogens (tertiary/aromatic N) is 1. The van der Waals surface area contributed by atoms with E-state index in [-0.39, 0.29) is 11.7 Å².